The summed E-state index contributed by atoms with van der Waals surface area (Å²) in [4.78, 5) is 30.6. The van der Waals surface area contributed by atoms with Crippen molar-refractivity contribution in [1.29, 1.82) is 0 Å². The van der Waals surface area contributed by atoms with Gasteiger partial charge in [0.25, 0.3) is 5.91 Å². The fourth-order valence-electron chi connectivity index (χ4n) is 5.39. The van der Waals surface area contributed by atoms with Gasteiger partial charge in [-0.15, -0.1) is 0 Å². The number of carbonyl (C=O) groups is 2. The van der Waals surface area contributed by atoms with E-state index in [1.54, 1.807) is 24.0 Å². The highest BCUT2D eigenvalue weighted by atomic mass is 16.5. The van der Waals surface area contributed by atoms with Gasteiger partial charge < -0.3 is 24.4 Å². The molecular weight excluding hydrogens is 458 g/mol. The molecule has 0 saturated carbocycles. The Morgan fingerprint density at radius 1 is 1.08 bits per heavy atom. The highest BCUT2D eigenvalue weighted by Gasteiger charge is 2.28. The molecule has 0 aliphatic carbocycles. The van der Waals surface area contributed by atoms with Crippen LogP contribution < -0.4 is 9.47 Å². The van der Waals surface area contributed by atoms with Gasteiger partial charge in [-0.05, 0) is 29.7 Å². The van der Waals surface area contributed by atoms with Crippen molar-refractivity contribution >= 4 is 11.8 Å². The molecule has 0 radical (unpaired) electrons. The van der Waals surface area contributed by atoms with Crippen LogP contribution in [0.5, 0.6) is 11.5 Å². The van der Waals surface area contributed by atoms with E-state index >= 15 is 0 Å². The second-order valence-electron chi connectivity index (χ2n) is 9.99. The molecule has 2 aromatic rings. The average Bonchev–Trinajstić information content (AvgIpc) is 3.02. The van der Waals surface area contributed by atoms with Crippen LogP contribution in [-0.2, 0) is 17.8 Å². The first-order valence-electron chi connectivity index (χ1n) is 12.9. The SMILES string of the molecule is CC(=O)N1CCC(Oc2ccc3c(c2)OCCN(C[C@H](O)CN2CCc4ccccc4C2)C3=O)CC1. The lowest BCUT2D eigenvalue weighted by atomic mass is 10.00. The smallest absolute Gasteiger partial charge is 0.257 e. The first-order valence-corrected chi connectivity index (χ1v) is 12.9. The van der Waals surface area contributed by atoms with E-state index in [1.807, 2.05) is 11.0 Å². The maximum atomic E-state index is 13.3. The molecule has 8 nitrogen and oxygen atoms in total. The molecule has 3 aliphatic rings. The van der Waals surface area contributed by atoms with E-state index in [2.05, 4.69) is 29.2 Å². The maximum absolute atomic E-state index is 13.3. The minimum Gasteiger partial charge on any atom is -0.491 e. The number of nitrogens with zero attached hydrogens (tertiary/aromatic N) is 3. The highest BCUT2D eigenvalue weighted by molar-refractivity contribution is 5.97. The van der Waals surface area contributed by atoms with Crippen molar-refractivity contribution in [2.45, 2.75) is 44.9 Å². The van der Waals surface area contributed by atoms with Gasteiger partial charge >= 0.3 is 0 Å². The van der Waals surface area contributed by atoms with Crippen LogP contribution in [0.1, 0.15) is 41.3 Å². The number of carbonyl (C=O) groups excluding carboxylic acids is 2. The summed E-state index contributed by atoms with van der Waals surface area (Å²) in [5.41, 5.74) is 3.18. The molecular formula is C28H35N3O5. The summed E-state index contributed by atoms with van der Waals surface area (Å²) >= 11 is 0. The minimum atomic E-state index is -0.635. The molecule has 3 aliphatic heterocycles. The fraction of sp³-hybridized carbons (Fsp3) is 0.500. The number of amides is 2. The minimum absolute atomic E-state index is 0.0357. The molecule has 2 amide bonds. The molecule has 36 heavy (non-hydrogen) atoms. The molecule has 1 saturated heterocycles. The second kappa shape index (κ2) is 10.9. The van der Waals surface area contributed by atoms with E-state index in [1.165, 1.54) is 11.1 Å². The molecule has 3 heterocycles. The summed E-state index contributed by atoms with van der Waals surface area (Å²) in [7, 11) is 0. The van der Waals surface area contributed by atoms with Gasteiger partial charge in [0.2, 0.25) is 5.91 Å². The lowest BCUT2D eigenvalue weighted by molar-refractivity contribution is -0.130. The van der Waals surface area contributed by atoms with E-state index in [0.29, 0.717) is 49.8 Å². The fourth-order valence-corrected chi connectivity index (χ4v) is 5.39. The number of ether oxygens (including phenoxy) is 2. The Bertz CT molecular complexity index is 1100. The van der Waals surface area contributed by atoms with E-state index in [9.17, 15) is 14.7 Å². The topological polar surface area (TPSA) is 82.6 Å². The molecule has 8 heteroatoms. The number of fused-ring (bicyclic) bond motifs is 2. The monoisotopic (exact) mass is 493 g/mol. The third-order valence-electron chi connectivity index (χ3n) is 7.39. The van der Waals surface area contributed by atoms with Crippen molar-refractivity contribution in [3.63, 3.8) is 0 Å². The summed E-state index contributed by atoms with van der Waals surface area (Å²) in [6.45, 7) is 6.30. The van der Waals surface area contributed by atoms with Crippen LogP contribution in [0.25, 0.3) is 0 Å². The summed E-state index contributed by atoms with van der Waals surface area (Å²) in [6, 6.07) is 13.8. The van der Waals surface area contributed by atoms with Crippen LogP contribution in [0.15, 0.2) is 42.5 Å². The Morgan fingerprint density at radius 3 is 2.64 bits per heavy atom. The molecule has 5 rings (SSSR count). The van der Waals surface area contributed by atoms with E-state index < -0.39 is 6.10 Å². The Kier molecular flexibility index (Phi) is 7.43. The number of rotatable bonds is 6. The van der Waals surface area contributed by atoms with E-state index in [0.717, 1.165) is 32.4 Å². The van der Waals surface area contributed by atoms with Crippen molar-refractivity contribution in [1.82, 2.24) is 14.7 Å². The van der Waals surface area contributed by atoms with Gasteiger partial charge in [0.05, 0.1) is 18.2 Å². The lowest BCUT2D eigenvalue weighted by Gasteiger charge is -2.32. The standard InChI is InChI=1S/C28H35N3O5/c1-20(32)30-12-9-24(10-13-30)36-25-6-7-26-27(16-25)35-15-14-31(28(26)34)19-23(33)18-29-11-8-21-4-2-3-5-22(21)17-29/h2-7,16,23-24,33H,8-15,17-19H2,1H3/t23-/m1/s1. The van der Waals surface area contributed by atoms with Gasteiger partial charge in [-0.2, -0.15) is 0 Å². The van der Waals surface area contributed by atoms with Crippen LogP contribution in [0.4, 0.5) is 0 Å². The second-order valence-corrected chi connectivity index (χ2v) is 9.99. The molecule has 1 atom stereocenters. The van der Waals surface area contributed by atoms with Crippen LogP contribution in [-0.4, -0.2) is 89.7 Å². The number of aliphatic hydroxyl groups is 1. The highest BCUT2D eigenvalue weighted by Crippen LogP contribution is 2.30. The zero-order valence-corrected chi connectivity index (χ0v) is 20.9. The molecule has 0 unspecified atom stereocenters. The molecule has 192 valence electrons. The van der Waals surface area contributed by atoms with Crippen LogP contribution in [0.2, 0.25) is 0 Å². The summed E-state index contributed by atoms with van der Waals surface area (Å²) in [5.74, 6) is 1.15. The zero-order chi connectivity index (χ0) is 25.1. The predicted octanol–water partition coefficient (Wildman–Crippen LogP) is 2.33. The van der Waals surface area contributed by atoms with Gasteiger partial charge in [0.1, 0.15) is 24.2 Å². The Labute approximate surface area is 212 Å². The van der Waals surface area contributed by atoms with Gasteiger partial charge in [-0.3, -0.25) is 14.5 Å². The van der Waals surface area contributed by atoms with Crippen LogP contribution >= 0.6 is 0 Å². The number of β-amino-alcohol motifs (C(OH)–C–C–N with tert-alkyl or cyclic N) is 1. The molecule has 0 spiro atoms. The summed E-state index contributed by atoms with van der Waals surface area (Å²) in [6.07, 6.45) is 1.94. The number of piperidine rings is 1. The quantitative estimate of drug-likeness (QED) is 0.665. The Morgan fingerprint density at radius 2 is 1.86 bits per heavy atom. The van der Waals surface area contributed by atoms with E-state index in [-0.39, 0.29) is 24.5 Å². The van der Waals surface area contributed by atoms with Crippen LogP contribution in [0, 0.1) is 0 Å². The van der Waals surface area contributed by atoms with Crippen LogP contribution in [0.3, 0.4) is 0 Å². The van der Waals surface area contributed by atoms with Gasteiger partial charge in [0, 0.05) is 65.1 Å². The Balaban J connectivity index is 1.17. The lowest BCUT2D eigenvalue weighted by Crippen LogP contribution is -2.44. The normalized spacial score (nSPS) is 19.7. The predicted molar refractivity (Wildman–Crippen MR) is 135 cm³/mol. The zero-order valence-electron chi connectivity index (χ0n) is 20.9. The third-order valence-corrected chi connectivity index (χ3v) is 7.39. The van der Waals surface area contributed by atoms with Crippen molar-refractivity contribution in [3.05, 3.63) is 59.2 Å². The first kappa shape index (κ1) is 24.6. The van der Waals surface area contributed by atoms with Gasteiger partial charge in [0.15, 0.2) is 0 Å². The van der Waals surface area contributed by atoms with Gasteiger partial charge in [-0.25, -0.2) is 0 Å². The number of hydrogen-bond acceptors (Lipinski definition) is 6. The van der Waals surface area contributed by atoms with Crippen molar-refractivity contribution < 1.29 is 24.2 Å². The van der Waals surface area contributed by atoms with Crippen molar-refractivity contribution in [2.75, 3.05) is 45.9 Å². The van der Waals surface area contributed by atoms with Crippen molar-refractivity contribution in [2.24, 2.45) is 0 Å². The molecule has 0 bridgehead atoms. The number of hydrogen-bond donors (Lipinski definition) is 1. The number of aliphatic hydroxyl groups excluding tert-OH is 1. The Hall–Kier alpha value is -3.10. The third kappa shape index (κ3) is 5.65. The summed E-state index contributed by atoms with van der Waals surface area (Å²) < 4.78 is 12.0. The largest absolute Gasteiger partial charge is 0.491 e. The van der Waals surface area contributed by atoms with E-state index in [4.69, 9.17) is 9.47 Å². The van der Waals surface area contributed by atoms with Gasteiger partial charge in [-0.1, -0.05) is 24.3 Å². The molecule has 1 N–H and O–H groups in total. The first-order chi connectivity index (χ1) is 17.5. The maximum Gasteiger partial charge on any atom is 0.257 e. The van der Waals surface area contributed by atoms with Crippen molar-refractivity contribution in [3.8, 4) is 11.5 Å². The molecule has 2 aromatic carbocycles. The molecule has 0 aromatic heterocycles. The number of likely N-dealkylation sites (tertiary alicyclic amines) is 1. The number of benzene rings is 2. The molecule has 1 fully saturated rings. The average molecular weight is 494 g/mol. The summed E-state index contributed by atoms with van der Waals surface area (Å²) in [5, 5.41) is 10.8.